The van der Waals surface area contributed by atoms with Gasteiger partial charge in [0.2, 0.25) is 11.8 Å². The molecule has 0 unspecified atom stereocenters. The third-order valence-electron chi connectivity index (χ3n) is 4.36. The van der Waals surface area contributed by atoms with E-state index in [2.05, 4.69) is 31.3 Å². The number of nitrogens with zero attached hydrogens (tertiary/aromatic N) is 6. The van der Waals surface area contributed by atoms with E-state index >= 15 is 0 Å². The van der Waals surface area contributed by atoms with Crippen molar-refractivity contribution in [2.24, 2.45) is 0 Å². The van der Waals surface area contributed by atoms with Gasteiger partial charge in [0.25, 0.3) is 0 Å². The zero-order chi connectivity index (χ0) is 17.3. The number of aromatic nitrogens is 6. The van der Waals surface area contributed by atoms with Crippen molar-refractivity contribution in [2.75, 3.05) is 0 Å². The maximum atomic E-state index is 5.71. The Morgan fingerprint density at radius 1 is 1.04 bits per heavy atom. The molecule has 1 fully saturated rings. The average molecular weight is 344 g/mol. The summed E-state index contributed by atoms with van der Waals surface area (Å²) in [6.07, 6.45) is 9.33. The van der Waals surface area contributed by atoms with Gasteiger partial charge in [0.1, 0.15) is 6.54 Å². The molecule has 3 heterocycles. The number of benzene rings is 1. The molecule has 5 rings (SSSR count). The van der Waals surface area contributed by atoms with Crippen molar-refractivity contribution in [3.63, 3.8) is 0 Å². The average Bonchev–Trinajstić information content (AvgIpc) is 3.26. The Labute approximate surface area is 149 Å². The number of rotatable bonds is 5. The van der Waals surface area contributed by atoms with E-state index in [1.807, 2.05) is 35.1 Å². The summed E-state index contributed by atoms with van der Waals surface area (Å²) in [4.78, 5) is 8.48. The molecule has 1 saturated carbocycles. The lowest BCUT2D eigenvalue weighted by molar-refractivity contribution is 0.431. The summed E-state index contributed by atoms with van der Waals surface area (Å²) in [5.74, 6) is 1.81. The van der Waals surface area contributed by atoms with Gasteiger partial charge in [-0.2, -0.15) is 5.10 Å². The van der Waals surface area contributed by atoms with Gasteiger partial charge in [-0.1, -0.05) is 18.2 Å². The zero-order valence-electron chi connectivity index (χ0n) is 14.0. The molecule has 0 spiro atoms. The molecule has 0 aliphatic heterocycles. The highest BCUT2D eigenvalue weighted by Gasteiger charge is 2.29. The van der Waals surface area contributed by atoms with Crippen molar-refractivity contribution in [2.45, 2.75) is 25.3 Å². The van der Waals surface area contributed by atoms with Gasteiger partial charge in [0.05, 0.1) is 17.6 Å². The molecule has 3 aromatic heterocycles. The first-order chi connectivity index (χ1) is 12.8. The molecule has 1 aromatic carbocycles. The van der Waals surface area contributed by atoms with Crippen LogP contribution < -0.4 is 0 Å². The fourth-order valence-electron chi connectivity index (χ4n) is 2.85. The van der Waals surface area contributed by atoms with Gasteiger partial charge in [-0.3, -0.25) is 14.6 Å². The standard InChI is InChI=1S/C19H16N6O/c1-2-14(10-15(3-1)17-11-20-7-8-21-17)16-6-9-25(24-16)12-18-22-23-19(26-18)13-4-5-13/h1-3,6-11,13H,4-5,12H2. The molecular weight excluding hydrogens is 328 g/mol. The third kappa shape index (κ3) is 2.99. The molecule has 0 radical (unpaired) electrons. The second kappa shape index (κ2) is 6.18. The fourth-order valence-corrected chi connectivity index (χ4v) is 2.85. The van der Waals surface area contributed by atoms with Crippen LogP contribution in [-0.4, -0.2) is 29.9 Å². The first-order valence-electron chi connectivity index (χ1n) is 8.58. The van der Waals surface area contributed by atoms with Crippen LogP contribution in [0.5, 0.6) is 0 Å². The fraction of sp³-hybridized carbons (Fsp3) is 0.211. The van der Waals surface area contributed by atoms with Crippen molar-refractivity contribution >= 4 is 0 Å². The molecule has 0 N–H and O–H groups in total. The van der Waals surface area contributed by atoms with E-state index < -0.39 is 0 Å². The molecule has 4 aromatic rings. The Morgan fingerprint density at radius 3 is 2.73 bits per heavy atom. The molecule has 0 bridgehead atoms. The predicted molar refractivity (Wildman–Crippen MR) is 94.1 cm³/mol. The minimum atomic E-state index is 0.466. The predicted octanol–water partition coefficient (Wildman–Crippen LogP) is 3.32. The first kappa shape index (κ1) is 14.9. The Balaban J connectivity index is 1.37. The highest BCUT2D eigenvalue weighted by molar-refractivity contribution is 5.68. The zero-order valence-corrected chi connectivity index (χ0v) is 14.0. The number of hydrogen-bond donors (Lipinski definition) is 0. The summed E-state index contributed by atoms with van der Waals surface area (Å²) in [5, 5.41) is 12.9. The van der Waals surface area contributed by atoms with Gasteiger partial charge in [0, 0.05) is 35.6 Å². The lowest BCUT2D eigenvalue weighted by Gasteiger charge is -2.02. The van der Waals surface area contributed by atoms with Crippen LogP contribution >= 0.6 is 0 Å². The maximum Gasteiger partial charge on any atom is 0.237 e. The maximum absolute atomic E-state index is 5.71. The van der Waals surface area contributed by atoms with Gasteiger partial charge in [-0.15, -0.1) is 10.2 Å². The second-order valence-corrected chi connectivity index (χ2v) is 6.38. The summed E-state index contributed by atoms with van der Waals surface area (Å²) >= 11 is 0. The summed E-state index contributed by atoms with van der Waals surface area (Å²) in [5.41, 5.74) is 3.76. The summed E-state index contributed by atoms with van der Waals surface area (Å²) in [6, 6.07) is 10.1. The number of hydrogen-bond acceptors (Lipinski definition) is 6. The Kier molecular flexibility index (Phi) is 3.55. The van der Waals surface area contributed by atoms with Crippen LogP contribution in [0.3, 0.4) is 0 Å². The summed E-state index contributed by atoms with van der Waals surface area (Å²) in [7, 11) is 0. The lowest BCUT2D eigenvalue weighted by Crippen LogP contribution is -2.00. The SMILES string of the molecule is c1cc(-c2cnccn2)cc(-c2ccn(Cc3nnc(C4CC4)o3)n2)c1. The molecule has 0 saturated heterocycles. The van der Waals surface area contributed by atoms with Gasteiger partial charge >= 0.3 is 0 Å². The van der Waals surface area contributed by atoms with Crippen LogP contribution in [0.4, 0.5) is 0 Å². The van der Waals surface area contributed by atoms with Crippen molar-refractivity contribution < 1.29 is 4.42 Å². The van der Waals surface area contributed by atoms with E-state index in [0.717, 1.165) is 41.2 Å². The molecule has 128 valence electrons. The van der Waals surface area contributed by atoms with Gasteiger partial charge in [0.15, 0.2) is 0 Å². The molecule has 7 heteroatoms. The Bertz CT molecular complexity index is 1030. The minimum absolute atomic E-state index is 0.466. The lowest BCUT2D eigenvalue weighted by atomic mass is 10.1. The van der Waals surface area contributed by atoms with E-state index in [4.69, 9.17) is 4.42 Å². The molecule has 26 heavy (non-hydrogen) atoms. The molecule has 1 aliphatic rings. The normalized spacial score (nSPS) is 13.8. The van der Waals surface area contributed by atoms with Crippen LogP contribution in [0.2, 0.25) is 0 Å². The van der Waals surface area contributed by atoms with E-state index in [1.54, 1.807) is 18.6 Å². The van der Waals surface area contributed by atoms with Crippen molar-refractivity contribution in [3.8, 4) is 22.5 Å². The van der Waals surface area contributed by atoms with Crippen molar-refractivity contribution in [1.82, 2.24) is 29.9 Å². The summed E-state index contributed by atoms with van der Waals surface area (Å²) < 4.78 is 7.52. The van der Waals surface area contributed by atoms with Crippen LogP contribution in [0.15, 0.2) is 59.5 Å². The molecule has 0 amide bonds. The third-order valence-corrected chi connectivity index (χ3v) is 4.36. The quantitative estimate of drug-likeness (QED) is 0.552. The van der Waals surface area contributed by atoms with E-state index in [-0.39, 0.29) is 0 Å². The van der Waals surface area contributed by atoms with Crippen LogP contribution in [-0.2, 0) is 6.54 Å². The van der Waals surface area contributed by atoms with Gasteiger partial charge in [-0.05, 0) is 25.0 Å². The van der Waals surface area contributed by atoms with E-state index in [0.29, 0.717) is 18.4 Å². The van der Waals surface area contributed by atoms with Crippen LogP contribution in [0, 0.1) is 0 Å². The van der Waals surface area contributed by atoms with Gasteiger partial charge in [-0.25, -0.2) is 0 Å². The molecular formula is C19H16N6O. The van der Waals surface area contributed by atoms with Crippen molar-refractivity contribution in [1.29, 1.82) is 0 Å². The van der Waals surface area contributed by atoms with Crippen LogP contribution in [0.25, 0.3) is 22.5 Å². The molecule has 0 atom stereocenters. The highest BCUT2D eigenvalue weighted by atomic mass is 16.4. The molecule has 7 nitrogen and oxygen atoms in total. The monoisotopic (exact) mass is 344 g/mol. The highest BCUT2D eigenvalue weighted by Crippen LogP contribution is 2.39. The topological polar surface area (TPSA) is 82.5 Å². The Morgan fingerprint density at radius 2 is 1.92 bits per heavy atom. The van der Waals surface area contributed by atoms with Crippen LogP contribution in [0.1, 0.15) is 30.5 Å². The van der Waals surface area contributed by atoms with E-state index in [9.17, 15) is 0 Å². The van der Waals surface area contributed by atoms with Crippen molar-refractivity contribution in [3.05, 3.63) is 66.9 Å². The molecule has 1 aliphatic carbocycles. The van der Waals surface area contributed by atoms with E-state index in [1.165, 1.54) is 0 Å². The smallest absolute Gasteiger partial charge is 0.237 e. The summed E-state index contributed by atoms with van der Waals surface area (Å²) in [6.45, 7) is 0.476. The minimum Gasteiger partial charge on any atom is -0.423 e. The second-order valence-electron chi connectivity index (χ2n) is 6.38. The Hall–Kier alpha value is -3.35. The largest absolute Gasteiger partial charge is 0.423 e. The van der Waals surface area contributed by atoms with Gasteiger partial charge < -0.3 is 4.42 Å². The first-order valence-corrected chi connectivity index (χ1v) is 8.58.